The molecular weight excluding hydrogens is 437 g/mol. The molecule has 1 aliphatic rings. The summed E-state index contributed by atoms with van der Waals surface area (Å²) in [5.74, 6) is 0. The van der Waals surface area contributed by atoms with Crippen LogP contribution < -0.4 is 4.74 Å². The molecule has 31 heavy (non-hydrogen) atoms. The molecule has 4 rings (SSSR count). The number of rotatable bonds is 4. The van der Waals surface area contributed by atoms with Gasteiger partial charge in [0.05, 0.1) is 24.1 Å². The van der Waals surface area contributed by atoms with Crippen LogP contribution in [0.3, 0.4) is 0 Å². The predicted octanol–water partition coefficient (Wildman–Crippen LogP) is 5.78. The molecule has 3 aromatic rings. The van der Waals surface area contributed by atoms with Gasteiger partial charge in [0, 0.05) is 23.0 Å². The van der Waals surface area contributed by atoms with Gasteiger partial charge in [0.1, 0.15) is 11.7 Å². The molecule has 2 heterocycles. The number of para-hydroxylation sites is 2. The van der Waals surface area contributed by atoms with Gasteiger partial charge in [0.25, 0.3) is 6.01 Å². The van der Waals surface area contributed by atoms with Gasteiger partial charge in [0.2, 0.25) is 0 Å². The van der Waals surface area contributed by atoms with E-state index in [0.29, 0.717) is 42.1 Å². The summed E-state index contributed by atoms with van der Waals surface area (Å²) in [6, 6.07) is 13.8. The van der Waals surface area contributed by atoms with Crippen molar-refractivity contribution in [1.29, 1.82) is 0 Å². The molecule has 1 atom stereocenters. The van der Waals surface area contributed by atoms with Crippen LogP contribution in [0.25, 0.3) is 11.0 Å². The number of carbonyl (C=O) groups is 1. The fourth-order valence-corrected chi connectivity index (χ4v) is 4.05. The fourth-order valence-electron chi connectivity index (χ4n) is 3.58. The normalized spacial score (nSPS) is 16.7. The van der Waals surface area contributed by atoms with Gasteiger partial charge in [0.15, 0.2) is 0 Å². The van der Waals surface area contributed by atoms with Crippen molar-refractivity contribution >= 4 is 40.3 Å². The van der Waals surface area contributed by atoms with Gasteiger partial charge in [-0.3, -0.25) is 4.57 Å². The van der Waals surface area contributed by atoms with Crippen molar-refractivity contribution in [2.24, 2.45) is 0 Å². The van der Waals surface area contributed by atoms with Crippen LogP contribution in [-0.2, 0) is 11.3 Å². The number of halogens is 2. The SMILES string of the molecule is CC(C)(C)OC(=O)N1CC[C@H](Oc2nc3ccccc3n2Cc2ccc(Cl)cc2Cl)C1. The topological polar surface area (TPSA) is 56.6 Å². The number of fused-ring (bicyclic) bond motifs is 1. The second-order valence-electron chi connectivity index (χ2n) is 8.66. The average molecular weight is 462 g/mol. The standard InChI is InChI=1S/C23H25Cl2N3O3/c1-23(2,3)31-22(29)27-11-10-17(14-27)30-21-26-19-6-4-5-7-20(19)28(21)13-15-8-9-16(24)12-18(15)25/h4-9,12,17H,10-11,13-14H2,1-3H3/t17-/m0/s1. The van der Waals surface area contributed by atoms with E-state index < -0.39 is 5.60 Å². The third kappa shape index (κ3) is 5.08. The minimum Gasteiger partial charge on any atom is -0.459 e. The zero-order valence-corrected chi connectivity index (χ0v) is 19.3. The van der Waals surface area contributed by atoms with E-state index in [1.165, 1.54) is 0 Å². The van der Waals surface area contributed by atoms with E-state index in [0.717, 1.165) is 16.6 Å². The van der Waals surface area contributed by atoms with E-state index in [4.69, 9.17) is 32.7 Å². The number of hydrogen-bond acceptors (Lipinski definition) is 4. The largest absolute Gasteiger partial charge is 0.459 e. The lowest BCUT2D eigenvalue weighted by Crippen LogP contribution is -2.36. The Morgan fingerprint density at radius 2 is 1.97 bits per heavy atom. The smallest absolute Gasteiger partial charge is 0.410 e. The number of likely N-dealkylation sites (tertiary alicyclic amines) is 1. The minimum atomic E-state index is -0.526. The van der Waals surface area contributed by atoms with Gasteiger partial charge in [-0.2, -0.15) is 4.98 Å². The number of hydrogen-bond donors (Lipinski definition) is 0. The van der Waals surface area contributed by atoms with E-state index in [2.05, 4.69) is 4.98 Å². The molecule has 0 aliphatic carbocycles. The maximum atomic E-state index is 12.4. The lowest BCUT2D eigenvalue weighted by atomic mass is 10.2. The number of carbonyl (C=O) groups excluding carboxylic acids is 1. The Labute approximate surface area is 191 Å². The number of ether oxygens (including phenoxy) is 2. The molecule has 1 amide bonds. The van der Waals surface area contributed by atoms with E-state index in [-0.39, 0.29) is 12.2 Å². The molecule has 6 nitrogen and oxygen atoms in total. The first-order chi connectivity index (χ1) is 14.7. The van der Waals surface area contributed by atoms with Crippen LogP contribution in [-0.4, -0.2) is 45.3 Å². The predicted molar refractivity (Wildman–Crippen MR) is 122 cm³/mol. The van der Waals surface area contributed by atoms with Crippen molar-refractivity contribution in [1.82, 2.24) is 14.5 Å². The first kappa shape index (κ1) is 21.8. The third-order valence-electron chi connectivity index (χ3n) is 5.03. The zero-order chi connectivity index (χ0) is 22.2. The van der Waals surface area contributed by atoms with Gasteiger partial charge < -0.3 is 14.4 Å². The van der Waals surface area contributed by atoms with Crippen LogP contribution in [0.15, 0.2) is 42.5 Å². The first-order valence-electron chi connectivity index (χ1n) is 10.2. The second-order valence-corrected chi connectivity index (χ2v) is 9.50. The Bertz CT molecular complexity index is 1110. The van der Waals surface area contributed by atoms with E-state index in [1.807, 2.05) is 61.7 Å². The molecular formula is C23H25Cl2N3O3. The van der Waals surface area contributed by atoms with E-state index in [1.54, 1.807) is 11.0 Å². The molecule has 0 N–H and O–H groups in total. The lowest BCUT2D eigenvalue weighted by molar-refractivity contribution is 0.0273. The van der Waals surface area contributed by atoms with Crippen molar-refractivity contribution in [2.75, 3.05) is 13.1 Å². The molecule has 0 radical (unpaired) electrons. The first-order valence-corrected chi connectivity index (χ1v) is 11.0. The quantitative estimate of drug-likeness (QED) is 0.493. The monoisotopic (exact) mass is 461 g/mol. The molecule has 0 spiro atoms. The summed E-state index contributed by atoms with van der Waals surface area (Å²) < 4.78 is 13.8. The van der Waals surface area contributed by atoms with E-state index >= 15 is 0 Å². The molecule has 164 valence electrons. The van der Waals surface area contributed by atoms with Gasteiger partial charge in [-0.05, 0) is 50.6 Å². The van der Waals surface area contributed by atoms with Crippen LogP contribution in [0, 0.1) is 0 Å². The molecule has 1 saturated heterocycles. The number of benzene rings is 2. The van der Waals surface area contributed by atoms with Crippen LogP contribution in [0.5, 0.6) is 6.01 Å². The van der Waals surface area contributed by atoms with Crippen LogP contribution >= 0.6 is 23.2 Å². The Morgan fingerprint density at radius 1 is 1.19 bits per heavy atom. The minimum absolute atomic E-state index is 0.163. The molecule has 1 aromatic heterocycles. The summed E-state index contributed by atoms with van der Waals surface area (Å²) in [6.07, 6.45) is 0.230. The van der Waals surface area contributed by atoms with Crippen molar-refractivity contribution in [3.8, 4) is 6.01 Å². The molecule has 2 aromatic carbocycles. The zero-order valence-electron chi connectivity index (χ0n) is 17.8. The molecule has 1 aliphatic heterocycles. The molecule has 1 fully saturated rings. The van der Waals surface area contributed by atoms with Crippen LogP contribution in [0.4, 0.5) is 4.79 Å². The van der Waals surface area contributed by atoms with Crippen molar-refractivity contribution < 1.29 is 14.3 Å². The Hall–Kier alpha value is -2.44. The highest BCUT2D eigenvalue weighted by atomic mass is 35.5. The molecule has 0 bridgehead atoms. The highest BCUT2D eigenvalue weighted by molar-refractivity contribution is 6.35. The second kappa shape index (κ2) is 8.60. The summed E-state index contributed by atoms with van der Waals surface area (Å²) in [5, 5.41) is 1.18. The molecule has 0 saturated carbocycles. The summed E-state index contributed by atoms with van der Waals surface area (Å²) in [6.45, 7) is 7.12. The van der Waals surface area contributed by atoms with Crippen LogP contribution in [0.1, 0.15) is 32.8 Å². The average Bonchev–Trinajstić information content (AvgIpc) is 3.28. The van der Waals surface area contributed by atoms with Crippen LogP contribution in [0.2, 0.25) is 10.0 Å². The fraction of sp³-hybridized carbons (Fsp3) is 0.391. The third-order valence-corrected chi connectivity index (χ3v) is 5.62. The highest BCUT2D eigenvalue weighted by Crippen LogP contribution is 2.28. The summed E-state index contributed by atoms with van der Waals surface area (Å²) in [7, 11) is 0. The Balaban J connectivity index is 1.56. The summed E-state index contributed by atoms with van der Waals surface area (Å²) in [4.78, 5) is 18.7. The summed E-state index contributed by atoms with van der Waals surface area (Å²) in [5.41, 5.74) is 2.18. The molecule has 0 unspecified atom stereocenters. The molecule has 8 heteroatoms. The maximum absolute atomic E-state index is 12.4. The van der Waals surface area contributed by atoms with Gasteiger partial charge >= 0.3 is 6.09 Å². The number of aromatic nitrogens is 2. The highest BCUT2D eigenvalue weighted by Gasteiger charge is 2.32. The van der Waals surface area contributed by atoms with Crippen molar-refractivity contribution in [3.63, 3.8) is 0 Å². The van der Waals surface area contributed by atoms with E-state index in [9.17, 15) is 4.79 Å². The maximum Gasteiger partial charge on any atom is 0.410 e. The van der Waals surface area contributed by atoms with Gasteiger partial charge in [-0.1, -0.05) is 41.4 Å². The van der Waals surface area contributed by atoms with Crippen molar-refractivity contribution in [3.05, 3.63) is 58.1 Å². The number of imidazole rings is 1. The lowest BCUT2D eigenvalue weighted by Gasteiger charge is -2.24. The summed E-state index contributed by atoms with van der Waals surface area (Å²) >= 11 is 12.5. The van der Waals surface area contributed by atoms with Gasteiger partial charge in [-0.25, -0.2) is 4.79 Å². The number of amides is 1. The van der Waals surface area contributed by atoms with Gasteiger partial charge in [-0.15, -0.1) is 0 Å². The number of nitrogens with zero attached hydrogens (tertiary/aromatic N) is 3. The Morgan fingerprint density at radius 3 is 2.71 bits per heavy atom. The Kier molecular flexibility index (Phi) is 6.04. The van der Waals surface area contributed by atoms with Crippen molar-refractivity contribution in [2.45, 2.75) is 45.4 Å².